The molecule has 0 bridgehead atoms. The zero-order valence-electron chi connectivity index (χ0n) is 8.94. The summed E-state index contributed by atoms with van der Waals surface area (Å²) in [5.74, 6) is 0.117. The van der Waals surface area contributed by atoms with E-state index < -0.39 is 0 Å². The molecular weight excluding hydrogens is 186 g/mol. The molecule has 1 aromatic carbocycles. The number of rotatable bonds is 3. The first kappa shape index (κ1) is 10.1. The lowest BCUT2D eigenvalue weighted by Crippen LogP contribution is -2.15. The Morgan fingerprint density at radius 1 is 1.33 bits per heavy atom. The van der Waals surface area contributed by atoms with E-state index in [0.29, 0.717) is 0 Å². The summed E-state index contributed by atoms with van der Waals surface area (Å²) in [5.41, 5.74) is 2.82. The topological polar surface area (TPSA) is 20.3 Å². The molecule has 0 radical (unpaired) electrons. The summed E-state index contributed by atoms with van der Waals surface area (Å²) >= 11 is 0. The van der Waals surface area contributed by atoms with Crippen LogP contribution in [-0.4, -0.2) is 17.2 Å². The van der Waals surface area contributed by atoms with Crippen molar-refractivity contribution in [1.82, 2.24) is 4.90 Å². The first-order chi connectivity index (χ1) is 7.25. The summed E-state index contributed by atoms with van der Waals surface area (Å²) < 4.78 is 0. The number of nitrogens with zero attached hydrogens (tertiary/aromatic N) is 1. The zero-order chi connectivity index (χ0) is 10.7. The molecule has 0 spiro atoms. The first-order valence-corrected chi connectivity index (χ1v) is 5.22. The van der Waals surface area contributed by atoms with Gasteiger partial charge in [0.25, 0.3) is 0 Å². The largest absolute Gasteiger partial charge is 0.295 e. The molecule has 2 nitrogen and oxygen atoms in total. The van der Waals surface area contributed by atoms with Gasteiger partial charge >= 0.3 is 0 Å². The van der Waals surface area contributed by atoms with Gasteiger partial charge in [0.05, 0.1) is 0 Å². The van der Waals surface area contributed by atoms with Gasteiger partial charge < -0.3 is 0 Å². The van der Waals surface area contributed by atoms with Gasteiger partial charge in [-0.2, -0.15) is 0 Å². The van der Waals surface area contributed by atoms with Crippen molar-refractivity contribution >= 4 is 5.78 Å². The second-order valence-corrected chi connectivity index (χ2v) is 3.95. The molecule has 2 heteroatoms. The van der Waals surface area contributed by atoms with E-state index in [1.165, 1.54) is 11.1 Å². The molecule has 0 aromatic heterocycles. The fraction of sp³-hybridized carbons (Fsp3) is 0.308. The molecule has 78 valence electrons. The number of allylic oxidation sites excluding steroid dienone is 1. The van der Waals surface area contributed by atoms with Gasteiger partial charge in [-0.25, -0.2) is 0 Å². The van der Waals surface area contributed by atoms with Crippen LogP contribution >= 0.6 is 0 Å². The predicted molar refractivity (Wildman–Crippen MR) is 60.4 cm³/mol. The normalized spacial score (nSPS) is 15.8. The third-order valence-electron chi connectivity index (χ3n) is 2.62. The molecule has 15 heavy (non-hydrogen) atoms. The highest BCUT2D eigenvalue weighted by Crippen LogP contribution is 2.21. The van der Waals surface area contributed by atoms with Gasteiger partial charge in [-0.3, -0.25) is 9.69 Å². The van der Waals surface area contributed by atoms with Crippen molar-refractivity contribution < 1.29 is 4.79 Å². The van der Waals surface area contributed by atoms with Crippen molar-refractivity contribution in [3.63, 3.8) is 0 Å². The number of carbonyl (C=O) groups excluding carboxylic acids is 1. The molecule has 0 aliphatic carbocycles. The Kier molecular flexibility index (Phi) is 2.97. The van der Waals surface area contributed by atoms with Crippen LogP contribution in [0.25, 0.3) is 0 Å². The van der Waals surface area contributed by atoms with E-state index in [-0.39, 0.29) is 5.78 Å². The molecule has 1 heterocycles. The van der Waals surface area contributed by atoms with Gasteiger partial charge in [-0.05, 0) is 24.1 Å². The number of ketones is 1. The van der Waals surface area contributed by atoms with Crippen molar-refractivity contribution in [3.05, 3.63) is 47.5 Å². The number of benzene rings is 1. The van der Waals surface area contributed by atoms with Gasteiger partial charge in [-0.15, -0.1) is 0 Å². The standard InChI is InChI=1S/C13H15NO/c1-11(15)5-4-8-14-9-12-6-2-3-7-13(12)10-14/h2-7H,8-10H2,1H3/b5-4+. The Morgan fingerprint density at radius 2 is 1.93 bits per heavy atom. The monoisotopic (exact) mass is 201 g/mol. The number of hydrogen-bond donors (Lipinski definition) is 0. The quantitative estimate of drug-likeness (QED) is 0.698. The van der Waals surface area contributed by atoms with Crippen molar-refractivity contribution in [1.29, 1.82) is 0 Å². The Morgan fingerprint density at radius 3 is 2.47 bits per heavy atom. The van der Waals surface area contributed by atoms with E-state index >= 15 is 0 Å². The maximum atomic E-state index is 10.7. The van der Waals surface area contributed by atoms with E-state index in [1.807, 2.05) is 6.08 Å². The van der Waals surface area contributed by atoms with E-state index in [4.69, 9.17) is 0 Å². The Hall–Kier alpha value is -1.41. The lowest BCUT2D eigenvalue weighted by molar-refractivity contribution is -0.112. The van der Waals surface area contributed by atoms with Gasteiger partial charge in [-0.1, -0.05) is 30.3 Å². The van der Waals surface area contributed by atoms with E-state index in [1.54, 1.807) is 13.0 Å². The molecule has 0 N–H and O–H groups in total. The van der Waals surface area contributed by atoms with Crippen molar-refractivity contribution in [3.8, 4) is 0 Å². The van der Waals surface area contributed by atoms with Crippen LogP contribution in [0.2, 0.25) is 0 Å². The molecular formula is C13H15NO. The van der Waals surface area contributed by atoms with Crippen LogP contribution in [0.3, 0.4) is 0 Å². The average Bonchev–Trinajstić information content (AvgIpc) is 2.59. The average molecular weight is 201 g/mol. The van der Waals surface area contributed by atoms with Gasteiger partial charge in [0.15, 0.2) is 5.78 Å². The minimum Gasteiger partial charge on any atom is -0.295 e. The molecule has 0 saturated carbocycles. The maximum Gasteiger partial charge on any atom is 0.152 e. The summed E-state index contributed by atoms with van der Waals surface area (Å²) in [5, 5.41) is 0. The SMILES string of the molecule is CC(=O)/C=C/CN1Cc2ccccc2C1. The zero-order valence-corrected chi connectivity index (χ0v) is 8.94. The van der Waals surface area contributed by atoms with Crippen LogP contribution in [0.5, 0.6) is 0 Å². The van der Waals surface area contributed by atoms with Crippen LogP contribution < -0.4 is 0 Å². The minimum absolute atomic E-state index is 0.117. The number of hydrogen-bond acceptors (Lipinski definition) is 2. The first-order valence-electron chi connectivity index (χ1n) is 5.22. The lowest BCUT2D eigenvalue weighted by Gasteiger charge is -2.10. The molecule has 0 fully saturated rings. The highest BCUT2D eigenvalue weighted by atomic mass is 16.1. The summed E-state index contributed by atoms with van der Waals surface area (Å²) in [4.78, 5) is 13.1. The lowest BCUT2D eigenvalue weighted by atomic mass is 10.1. The Bertz CT molecular complexity index is 370. The van der Waals surface area contributed by atoms with Gasteiger partial charge in [0, 0.05) is 19.6 Å². The van der Waals surface area contributed by atoms with Gasteiger partial charge in [0.2, 0.25) is 0 Å². The fourth-order valence-corrected chi connectivity index (χ4v) is 1.90. The maximum absolute atomic E-state index is 10.7. The summed E-state index contributed by atoms with van der Waals surface area (Å²) in [6.07, 6.45) is 3.58. The van der Waals surface area contributed by atoms with Crippen molar-refractivity contribution in [2.75, 3.05) is 6.54 Å². The summed E-state index contributed by atoms with van der Waals surface area (Å²) in [6.45, 7) is 4.43. The summed E-state index contributed by atoms with van der Waals surface area (Å²) in [6, 6.07) is 8.50. The number of fused-ring (bicyclic) bond motifs is 1. The van der Waals surface area contributed by atoms with E-state index in [9.17, 15) is 4.79 Å². The van der Waals surface area contributed by atoms with Crippen LogP contribution in [0.1, 0.15) is 18.1 Å². The molecule has 0 amide bonds. The van der Waals surface area contributed by atoms with Crippen LogP contribution in [0.4, 0.5) is 0 Å². The molecule has 1 aliphatic heterocycles. The summed E-state index contributed by atoms with van der Waals surface area (Å²) in [7, 11) is 0. The van der Waals surface area contributed by atoms with E-state index in [0.717, 1.165) is 19.6 Å². The molecule has 0 atom stereocenters. The van der Waals surface area contributed by atoms with E-state index in [2.05, 4.69) is 29.2 Å². The molecule has 1 aliphatic rings. The second-order valence-electron chi connectivity index (χ2n) is 3.95. The fourth-order valence-electron chi connectivity index (χ4n) is 1.90. The molecule has 0 saturated heterocycles. The highest BCUT2D eigenvalue weighted by Gasteiger charge is 2.16. The van der Waals surface area contributed by atoms with Crippen LogP contribution in [-0.2, 0) is 17.9 Å². The van der Waals surface area contributed by atoms with Crippen LogP contribution in [0, 0.1) is 0 Å². The Balaban J connectivity index is 1.93. The predicted octanol–water partition coefficient (Wildman–Crippen LogP) is 2.15. The van der Waals surface area contributed by atoms with Gasteiger partial charge in [0.1, 0.15) is 0 Å². The molecule has 1 aromatic rings. The van der Waals surface area contributed by atoms with Crippen molar-refractivity contribution in [2.45, 2.75) is 20.0 Å². The van der Waals surface area contributed by atoms with Crippen molar-refractivity contribution in [2.24, 2.45) is 0 Å². The Labute approximate surface area is 90.2 Å². The third-order valence-corrected chi connectivity index (χ3v) is 2.62. The highest BCUT2D eigenvalue weighted by molar-refractivity contribution is 5.87. The number of carbonyl (C=O) groups is 1. The third kappa shape index (κ3) is 2.54. The van der Waals surface area contributed by atoms with Crippen LogP contribution in [0.15, 0.2) is 36.4 Å². The second kappa shape index (κ2) is 4.41. The molecule has 2 rings (SSSR count). The molecule has 0 unspecified atom stereocenters. The smallest absolute Gasteiger partial charge is 0.152 e. The minimum atomic E-state index is 0.117.